The Labute approximate surface area is 366 Å². The van der Waals surface area contributed by atoms with Gasteiger partial charge in [-0.05, 0) is 153 Å². The number of rotatable bonds is 10. The molecule has 62 heavy (non-hydrogen) atoms. The molecule has 0 amide bonds. The van der Waals surface area contributed by atoms with E-state index in [1.165, 1.54) is 88.2 Å². The Kier molecular flexibility index (Phi) is 10.1. The minimum Gasteiger partial charge on any atom is -0.310 e. The van der Waals surface area contributed by atoms with Crippen LogP contribution in [0.2, 0.25) is 0 Å². The largest absolute Gasteiger partial charge is 0.310 e. The van der Waals surface area contributed by atoms with Gasteiger partial charge in [0.25, 0.3) is 0 Å². The minimum atomic E-state index is 0.307. The minimum absolute atomic E-state index is 0.307. The molecule has 0 aliphatic heterocycles. The van der Waals surface area contributed by atoms with Gasteiger partial charge in [-0.2, -0.15) is 0 Å². The van der Waals surface area contributed by atoms with E-state index in [0.29, 0.717) is 11.8 Å². The van der Waals surface area contributed by atoms with Gasteiger partial charge in [-0.1, -0.05) is 160 Å². The summed E-state index contributed by atoms with van der Waals surface area (Å²) in [5, 5.41) is 7.83. The first-order valence-electron chi connectivity index (χ1n) is 22.1. The predicted molar refractivity (Wildman–Crippen MR) is 268 cm³/mol. The third kappa shape index (κ3) is 6.96. The quantitative estimate of drug-likeness (QED) is 0.127. The molecule has 0 fully saturated rings. The van der Waals surface area contributed by atoms with E-state index >= 15 is 0 Å². The maximum atomic E-state index is 2.51. The first kappa shape index (κ1) is 39.0. The zero-order valence-corrected chi connectivity index (χ0v) is 36.5. The molecule has 10 aromatic carbocycles. The second-order valence-electron chi connectivity index (χ2n) is 17.5. The highest BCUT2D eigenvalue weighted by Crippen LogP contribution is 2.51. The standard InChI is InChI=1S/C60H52N2/c1-39(2)53-37-55-57(61(47-25-17-41(5)18-26-47)49-29-21-45(22-30-49)43-13-9-7-10-14-43)36-34-52-54(40(3)4)38-56-58(35-33-51(53)59(56)60(52)55)62(48-27-19-42(6)20-28-48)50-31-23-46(24-32-50)44-15-11-8-12-16-44/h7-40H,1-6H3. The van der Waals surface area contributed by atoms with E-state index in [0.717, 1.165) is 22.7 Å². The Morgan fingerprint density at radius 3 is 0.935 bits per heavy atom. The third-order valence-corrected chi connectivity index (χ3v) is 12.7. The summed E-state index contributed by atoms with van der Waals surface area (Å²) in [6, 6.07) is 72.0. The summed E-state index contributed by atoms with van der Waals surface area (Å²) in [5.41, 5.74) is 16.9. The van der Waals surface area contributed by atoms with Crippen molar-refractivity contribution in [1.82, 2.24) is 0 Å². The third-order valence-electron chi connectivity index (χ3n) is 12.7. The molecule has 0 aliphatic carbocycles. The van der Waals surface area contributed by atoms with Crippen LogP contribution in [0.15, 0.2) is 194 Å². The van der Waals surface area contributed by atoms with Crippen LogP contribution in [0.3, 0.4) is 0 Å². The van der Waals surface area contributed by atoms with E-state index in [4.69, 9.17) is 0 Å². The molecule has 302 valence electrons. The van der Waals surface area contributed by atoms with Gasteiger partial charge in [0.15, 0.2) is 0 Å². The Balaban J connectivity index is 1.25. The lowest BCUT2D eigenvalue weighted by molar-refractivity contribution is 0.876. The molecule has 0 heterocycles. The van der Waals surface area contributed by atoms with Gasteiger partial charge in [0, 0.05) is 33.5 Å². The van der Waals surface area contributed by atoms with Crippen LogP contribution < -0.4 is 9.80 Å². The normalized spacial score (nSPS) is 11.7. The van der Waals surface area contributed by atoms with Crippen molar-refractivity contribution in [2.24, 2.45) is 0 Å². The monoisotopic (exact) mass is 800 g/mol. The van der Waals surface area contributed by atoms with Crippen LogP contribution in [0.1, 0.15) is 61.8 Å². The SMILES string of the molecule is Cc1ccc(N(c2ccc(-c3ccccc3)cc2)c2ccc3c(C(C)C)cc4c(N(c5ccc(C)cc5)c5ccc(-c6ccccc6)cc5)ccc5c(C(C)C)cc2c3c54)cc1. The van der Waals surface area contributed by atoms with Crippen LogP contribution in [-0.4, -0.2) is 0 Å². The van der Waals surface area contributed by atoms with Crippen LogP contribution in [0.5, 0.6) is 0 Å². The molecule has 0 saturated carbocycles. The lowest BCUT2D eigenvalue weighted by Crippen LogP contribution is -2.12. The molecular formula is C60H52N2. The molecule has 2 heteroatoms. The van der Waals surface area contributed by atoms with E-state index in [1.807, 2.05) is 0 Å². The van der Waals surface area contributed by atoms with Crippen molar-refractivity contribution in [1.29, 1.82) is 0 Å². The van der Waals surface area contributed by atoms with Gasteiger partial charge in [0.1, 0.15) is 0 Å². The Hall–Kier alpha value is -7.16. The van der Waals surface area contributed by atoms with Crippen molar-refractivity contribution in [2.75, 3.05) is 9.80 Å². The van der Waals surface area contributed by atoms with Crippen LogP contribution in [-0.2, 0) is 0 Å². The van der Waals surface area contributed by atoms with Gasteiger partial charge in [0.05, 0.1) is 11.4 Å². The second kappa shape index (κ2) is 16.0. The molecule has 0 aliphatic rings. The predicted octanol–water partition coefficient (Wildman–Crippen LogP) is 17.7. The summed E-state index contributed by atoms with van der Waals surface area (Å²) < 4.78 is 0. The molecule has 0 radical (unpaired) electrons. The Bertz CT molecular complexity index is 2930. The highest BCUT2D eigenvalue weighted by molar-refractivity contribution is 6.29. The molecule has 0 saturated heterocycles. The highest BCUT2D eigenvalue weighted by atomic mass is 15.1. The molecule has 2 nitrogen and oxygen atoms in total. The van der Waals surface area contributed by atoms with Gasteiger partial charge in [-0.25, -0.2) is 0 Å². The number of nitrogens with zero attached hydrogens (tertiary/aromatic N) is 2. The van der Waals surface area contributed by atoms with Gasteiger partial charge in [-0.15, -0.1) is 0 Å². The van der Waals surface area contributed by atoms with Crippen molar-refractivity contribution in [3.63, 3.8) is 0 Å². The topological polar surface area (TPSA) is 6.48 Å². The second-order valence-corrected chi connectivity index (χ2v) is 17.5. The fraction of sp³-hybridized carbons (Fsp3) is 0.133. The van der Waals surface area contributed by atoms with Crippen LogP contribution in [0, 0.1) is 13.8 Å². The van der Waals surface area contributed by atoms with E-state index in [9.17, 15) is 0 Å². The summed E-state index contributed by atoms with van der Waals surface area (Å²) in [6.45, 7) is 13.7. The fourth-order valence-electron chi connectivity index (χ4n) is 9.45. The number of anilines is 6. The zero-order valence-electron chi connectivity index (χ0n) is 36.5. The summed E-state index contributed by atoms with van der Waals surface area (Å²) in [7, 11) is 0. The van der Waals surface area contributed by atoms with Gasteiger partial charge < -0.3 is 9.80 Å². The Morgan fingerprint density at radius 1 is 0.306 bits per heavy atom. The van der Waals surface area contributed by atoms with E-state index < -0.39 is 0 Å². The average molecular weight is 801 g/mol. The molecule has 0 bridgehead atoms. The van der Waals surface area contributed by atoms with Crippen molar-refractivity contribution in [3.05, 3.63) is 216 Å². The summed E-state index contributed by atoms with van der Waals surface area (Å²) in [4.78, 5) is 4.93. The van der Waals surface area contributed by atoms with Gasteiger partial charge >= 0.3 is 0 Å². The van der Waals surface area contributed by atoms with Crippen molar-refractivity contribution in [2.45, 2.75) is 53.4 Å². The average Bonchev–Trinajstić information content (AvgIpc) is 3.31. The molecule has 0 N–H and O–H groups in total. The Morgan fingerprint density at radius 2 is 0.613 bits per heavy atom. The van der Waals surface area contributed by atoms with Crippen LogP contribution in [0.25, 0.3) is 54.6 Å². The number of hydrogen-bond acceptors (Lipinski definition) is 2. The molecule has 0 atom stereocenters. The molecule has 0 unspecified atom stereocenters. The highest BCUT2D eigenvalue weighted by Gasteiger charge is 2.26. The lowest BCUT2D eigenvalue weighted by atomic mass is 9.83. The van der Waals surface area contributed by atoms with Crippen LogP contribution >= 0.6 is 0 Å². The van der Waals surface area contributed by atoms with E-state index in [2.05, 4.69) is 245 Å². The van der Waals surface area contributed by atoms with Crippen molar-refractivity contribution >= 4 is 66.4 Å². The van der Waals surface area contributed by atoms with Gasteiger partial charge in [0.2, 0.25) is 0 Å². The maximum absolute atomic E-state index is 2.51. The molecule has 0 aromatic heterocycles. The van der Waals surface area contributed by atoms with Crippen molar-refractivity contribution in [3.8, 4) is 22.3 Å². The number of benzene rings is 10. The number of aryl methyl sites for hydroxylation is 2. The molecule has 0 spiro atoms. The lowest BCUT2D eigenvalue weighted by Gasteiger charge is -2.31. The van der Waals surface area contributed by atoms with Crippen molar-refractivity contribution < 1.29 is 0 Å². The van der Waals surface area contributed by atoms with Crippen LogP contribution in [0.4, 0.5) is 34.1 Å². The first-order valence-corrected chi connectivity index (χ1v) is 22.1. The van der Waals surface area contributed by atoms with E-state index in [1.54, 1.807) is 0 Å². The molecule has 10 aromatic rings. The van der Waals surface area contributed by atoms with Gasteiger partial charge in [-0.3, -0.25) is 0 Å². The molecular weight excluding hydrogens is 749 g/mol. The fourth-order valence-corrected chi connectivity index (χ4v) is 9.45. The zero-order chi connectivity index (χ0) is 42.5. The van der Waals surface area contributed by atoms with E-state index in [-0.39, 0.29) is 0 Å². The smallest absolute Gasteiger partial charge is 0.0540 e. The number of hydrogen-bond donors (Lipinski definition) is 0. The first-order chi connectivity index (χ1) is 30.2. The maximum Gasteiger partial charge on any atom is 0.0540 e. The summed E-state index contributed by atoms with van der Waals surface area (Å²) in [6.07, 6.45) is 0. The molecule has 10 rings (SSSR count). The summed E-state index contributed by atoms with van der Waals surface area (Å²) in [5.74, 6) is 0.614. The summed E-state index contributed by atoms with van der Waals surface area (Å²) >= 11 is 0.